The molecule has 16 heavy (non-hydrogen) atoms. The van der Waals surface area contributed by atoms with Crippen molar-refractivity contribution in [3.8, 4) is 0 Å². The van der Waals surface area contributed by atoms with E-state index in [0.717, 1.165) is 0 Å². The van der Waals surface area contributed by atoms with Gasteiger partial charge in [0.15, 0.2) is 0 Å². The Morgan fingerprint density at radius 2 is 1.94 bits per heavy atom. The van der Waals surface area contributed by atoms with Crippen LogP contribution in [0, 0.1) is 0 Å². The molecule has 0 spiro atoms. The Kier molecular flexibility index (Phi) is 2.83. The maximum Gasteiger partial charge on any atom is 0.247 e. The summed E-state index contributed by atoms with van der Waals surface area (Å²) in [5.41, 5.74) is 0.691. The van der Waals surface area contributed by atoms with Gasteiger partial charge in [-0.15, -0.1) is 0 Å². The highest BCUT2D eigenvalue weighted by Gasteiger charge is 2.31. The lowest BCUT2D eigenvalue weighted by Crippen LogP contribution is -2.57. The van der Waals surface area contributed by atoms with Gasteiger partial charge in [0.2, 0.25) is 11.8 Å². The van der Waals surface area contributed by atoms with E-state index < -0.39 is 6.04 Å². The number of hydrogen-bond acceptors (Lipinski definition) is 2. The molecule has 1 heterocycles. The summed E-state index contributed by atoms with van der Waals surface area (Å²) in [7, 11) is 0. The first-order valence-corrected chi connectivity index (χ1v) is 5.33. The van der Waals surface area contributed by atoms with Crippen LogP contribution < -0.4 is 10.2 Å². The number of nitrogens with zero attached hydrogens (tertiary/aromatic N) is 1. The molecule has 4 nitrogen and oxygen atoms in total. The third-order valence-corrected chi connectivity index (χ3v) is 2.81. The van der Waals surface area contributed by atoms with Gasteiger partial charge in [-0.05, 0) is 31.2 Å². The zero-order chi connectivity index (χ0) is 11.7. The van der Waals surface area contributed by atoms with Crippen LogP contribution in [-0.4, -0.2) is 24.4 Å². The van der Waals surface area contributed by atoms with Crippen LogP contribution in [0.3, 0.4) is 0 Å². The second kappa shape index (κ2) is 4.14. The lowest BCUT2D eigenvalue weighted by atomic mass is 10.1. The highest BCUT2D eigenvalue weighted by atomic mass is 35.5. The topological polar surface area (TPSA) is 49.4 Å². The molecular formula is C11H11ClN2O2. The predicted octanol–water partition coefficient (Wildman–Crippen LogP) is 1.19. The number of benzene rings is 1. The Labute approximate surface area is 98.2 Å². The summed E-state index contributed by atoms with van der Waals surface area (Å²) in [5, 5.41) is 3.14. The first-order valence-electron chi connectivity index (χ1n) is 4.95. The van der Waals surface area contributed by atoms with Gasteiger partial charge in [0.25, 0.3) is 0 Å². The quantitative estimate of drug-likeness (QED) is 0.799. The van der Waals surface area contributed by atoms with E-state index in [-0.39, 0.29) is 18.4 Å². The summed E-state index contributed by atoms with van der Waals surface area (Å²) < 4.78 is 0. The van der Waals surface area contributed by atoms with Gasteiger partial charge >= 0.3 is 0 Å². The largest absolute Gasteiger partial charge is 0.345 e. The number of amides is 2. The number of piperazine rings is 1. The van der Waals surface area contributed by atoms with E-state index in [1.54, 1.807) is 31.2 Å². The molecule has 1 fully saturated rings. The summed E-state index contributed by atoms with van der Waals surface area (Å²) in [5.74, 6) is -0.260. The van der Waals surface area contributed by atoms with Crippen molar-refractivity contribution in [2.75, 3.05) is 11.4 Å². The second-order valence-electron chi connectivity index (χ2n) is 3.63. The number of nitrogens with one attached hydrogen (secondary N) is 1. The summed E-state index contributed by atoms with van der Waals surface area (Å²) in [6.07, 6.45) is 0. The summed E-state index contributed by atoms with van der Waals surface area (Å²) in [6, 6.07) is 6.37. The van der Waals surface area contributed by atoms with Crippen molar-refractivity contribution in [1.29, 1.82) is 0 Å². The molecule has 1 aliphatic rings. The van der Waals surface area contributed by atoms with Crippen LogP contribution in [0.15, 0.2) is 24.3 Å². The van der Waals surface area contributed by atoms with E-state index in [0.29, 0.717) is 10.7 Å². The third kappa shape index (κ3) is 1.88. The van der Waals surface area contributed by atoms with Crippen LogP contribution in [0.2, 0.25) is 5.02 Å². The molecule has 5 heteroatoms. The van der Waals surface area contributed by atoms with Gasteiger partial charge in [-0.1, -0.05) is 11.6 Å². The van der Waals surface area contributed by atoms with Crippen LogP contribution in [0.25, 0.3) is 0 Å². The Balaban J connectivity index is 2.33. The molecule has 2 rings (SSSR count). The Hall–Kier alpha value is -1.55. The van der Waals surface area contributed by atoms with Crippen LogP contribution in [-0.2, 0) is 9.59 Å². The van der Waals surface area contributed by atoms with Gasteiger partial charge in [0, 0.05) is 10.7 Å². The van der Waals surface area contributed by atoms with Crippen molar-refractivity contribution in [3.05, 3.63) is 29.3 Å². The normalized spacial score (nSPS) is 20.9. The number of carbonyl (C=O) groups is 2. The molecule has 1 aromatic rings. The van der Waals surface area contributed by atoms with Crippen molar-refractivity contribution < 1.29 is 9.59 Å². The lowest BCUT2D eigenvalue weighted by molar-refractivity contribution is -0.130. The molecule has 0 aliphatic carbocycles. The van der Waals surface area contributed by atoms with Gasteiger partial charge in [-0.2, -0.15) is 0 Å². The van der Waals surface area contributed by atoms with E-state index in [4.69, 9.17) is 11.6 Å². The van der Waals surface area contributed by atoms with Gasteiger partial charge in [0.1, 0.15) is 6.04 Å². The molecule has 1 aromatic carbocycles. The fraction of sp³-hybridized carbons (Fsp3) is 0.273. The number of anilines is 1. The van der Waals surface area contributed by atoms with E-state index in [1.165, 1.54) is 4.90 Å². The van der Waals surface area contributed by atoms with Crippen molar-refractivity contribution in [3.63, 3.8) is 0 Å². The highest BCUT2D eigenvalue weighted by molar-refractivity contribution is 6.30. The number of rotatable bonds is 1. The zero-order valence-electron chi connectivity index (χ0n) is 8.74. The smallest absolute Gasteiger partial charge is 0.247 e. The molecule has 0 bridgehead atoms. The summed E-state index contributed by atoms with van der Waals surface area (Å²) in [4.78, 5) is 24.7. The standard InChI is InChI=1S/C11H11ClN2O2/c1-7-11(16)13-6-10(15)14(7)9-4-2-8(12)3-5-9/h2-5,7H,6H2,1H3,(H,13,16). The van der Waals surface area contributed by atoms with Gasteiger partial charge in [0.05, 0.1) is 6.54 Å². The first-order chi connectivity index (χ1) is 7.59. The number of carbonyl (C=O) groups excluding carboxylic acids is 2. The van der Waals surface area contributed by atoms with Crippen LogP contribution in [0.5, 0.6) is 0 Å². The van der Waals surface area contributed by atoms with Gasteiger partial charge < -0.3 is 5.32 Å². The van der Waals surface area contributed by atoms with Gasteiger partial charge in [-0.25, -0.2) is 0 Å². The fourth-order valence-corrected chi connectivity index (χ4v) is 1.82. The van der Waals surface area contributed by atoms with Crippen molar-refractivity contribution in [2.24, 2.45) is 0 Å². The van der Waals surface area contributed by atoms with Crippen molar-refractivity contribution in [1.82, 2.24) is 5.32 Å². The minimum atomic E-state index is -0.484. The third-order valence-electron chi connectivity index (χ3n) is 2.55. The van der Waals surface area contributed by atoms with Crippen LogP contribution in [0.1, 0.15) is 6.92 Å². The van der Waals surface area contributed by atoms with Crippen molar-refractivity contribution in [2.45, 2.75) is 13.0 Å². The van der Waals surface area contributed by atoms with E-state index in [2.05, 4.69) is 5.32 Å². The number of hydrogen-bond donors (Lipinski definition) is 1. The van der Waals surface area contributed by atoms with Crippen molar-refractivity contribution >= 4 is 29.1 Å². The van der Waals surface area contributed by atoms with Crippen LogP contribution in [0.4, 0.5) is 5.69 Å². The molecule has 1 aliphatic heterocycles. The average molecular weight is 239 g/mol. The second-order valence-corrected chi connectivity index (χ2v) is 4.07. The Bertz CT molecular complexity index is 430. The number of halogens is 1. The Morgan fingerprint density at radius 1 is 1.31 bits per heavy atom. The average Bonchev–Trinajstić information content (AvgIpc) is 2.27. The molecule has 1 N–H and O–H groups in total. The molecule has 0 aromatic heterocycles. The molecule has 0 radical (unpaired) electrons. The first kappa shape index (κ1) is 11.0. The summed E-state index contributed by atoms with van der Waals surface area (Å²) in [6.45, 7) is 1.74. The van der Waals surface area contributed by atoms with E-state index in [1.807, 2.05) is 0 Å². The summed E-state index contributed by atoms with van der Waals surface area (Å²) >= 11 is 5.77. The molecule has 2 amide bonds. The SMILES string of the molecule is CC1C(=O)NCC(=O)N1c1ccc(Cl)cc1. The monoisotopic (exact) mass is 238 g/mol. The van der Waals surface area contributed by atoms with Gasteiger partial charge in [-0.3, -0.25) is 14.5 Å². The Morgan fingerprint density at radius 3 is 2.56 bits per heavy atom. The highest BCUT2D eigenvalue weighted by Crippen LogP contribution is 2.21. The van der Waals surface area contributed by atoms with E-state index in [9.17, 15) is 9.59 Å². The zero-order valence-corrected chi connectivity index (χ0v) is 9.49. The minimum absolute atomic E-state index is 0.0474. The molecule has 1 saturated heterocycles. The molecule has 1 unspecified atom stereocenters. The fourth-order valence-electron chi connectivity index (χ4n) is 1.70. The molecule has 0 saturated carbocycles. The minimum Gasteiger partial charge on any atom is -0.345 e. The molecule has 1 atom stereocenters. The lowest BCUT2D eigenvalue weighted by Gasteiger charge is -2.32. The predicted molar refractivity (Wildman–Crippen MR) is 61.4 cm³/mol. The maximum absolute atomic E-state index is 11.7. The molecule has 84 valence electrons. The van der Waals surface area contributed by atoms with E-state index >= 15 is 0 Å². The molecular weight excluding hydrogens is 228 g/mol. The van der Waals surface area contributed by atoms with Crippen LogP contribution >= 0.6 is 11.6 Å². The maximum atomic E-state index is 11.7.